The number of hydrogen-bond donors (Lipinski definition) is 0. The summed E-state index contributed by atoms with van der Waals surface area (Å²) in [6, 6.07) is 3.40. The zero-order valence-corrected chi connectivity index (χ0v) is 13.7. The molecule has 0 N–H and O–H groups in total. The molecule has 0 spiro atoms. The molecule has 0 saturated carbocycles. The van der Waals surface area contributed by atoms with Gasteiger partial charge in [0.1, 0.15) is 5.54 Å². The number of anilines is 1. The Labute approximate surface area is 140 Å². The van der Waals surface area contributed by atoms with Crippen molar-refractivity contribution < 1.29 is 34.9 Å². The largest absolute Gasteiger partial charge is 0.534 e. The third-order valence-corrected chi connectivity index (χ3v) is 4.73. The second-order valence-electron chi connectivity index (χ2n) is 5.25. The predicted molar refractivity (Wildman–Crippen MR) is 76.6 cm³/mol. The van der Waals surface area contributed by atoms with Gasteiger partial charge in [-0.1, -0.05) is 0 Å². The molecule has 1 aliphatic heterocycles. The van der Waals surface area contributed by atoms with Crippen molar-refractivity contribution >= 4 is 15.9 Å². The molecule has 1 aliphatic rings. The van der Waals surface area contributed by atoms with E-state index in [0.29, 0.717) is 12.1 Å². The molecule has 1 aromatic heterocycles. The molecule has 1 saturated heterocycles. The fraction of sp³-hybridized carbons (Fsp3) is 0.538. The second kappa shape index (κ2) is 6.64. The summed E-state index contributed by atoms with van der Waals surface area (Å²) in [6.45, 7) is 0.469. The number of nitriles is 1. The number of aromatic nitrogens is 1. The van der Waals surface area contributed by atoms with Gasteiger partial charge in [0.05, 0.1) is 6.07 Å². The van der Waals surface area contributed by atoms with E-state index < -0.39 is 38.7 Å². The van der Waals surface area contributed by atoms with Crippen molar-refractivity contribution in [2.75, 3.05) is 25.2 Å². The lowest BCUT2D eigenvalue weighted by molar-refractivity contribution is -0.0501. The zero-order chi connectivity index (χ0) is 18.9. The molecule has 1 fully saturated rings. The van der Waals surface area contributed by atoms with Crippen LogP contribution in [0.4, 0.5) is 23.4 Å². The summed E-state index contributed by atoms with van der Waals surface area (Å²) in [4.78, 5) is 4.65. The van der Waals surface area contributed by atoms with Gasteiger partial charge in [0, 0.05) is 39.2 Å². The molecule has 25 heavy (non-hydrogen) atoms. The Balaban J connectivity index is 2.38. The number of alkyl halides is 3. The highest BCUT2D eigenvalue weighted by atomic mass is 32.2. The quantitative estimate of drug-likeness (QED) is 0.446. The lowest BCUT2D eigenvalue weighted by Crippen LogP contribution is -2.50. The van der Waals surface area contributed by atoms with E-state index in [0.717, 1.165) is 4.90 Å². The minimum atomic E-state index is -5.94. The molecule has 0 radical (unpaired) electrons. The van der Waals surface area contributed by atoms with Gasteiger partial charge < -0.3 is 13.8 Å². The first kappa shape index (κ1) is 19.2. The molecule has 0 atom stereocenters. The normalized spacial score (nSPS) is 17.6. The molecular formula is C13H13F4N3O4S. The molecule has 0 aromatic carbocycles. The summed E-state index contributed by atoms with van der Waals surface area (Å²) in [5.41, 5.74) is -6.84. The minimum Gasteiger partial charge on any atom is -0.381 e. The number of hydrogen-bond acceptors (Lipinski definition) is 7. The number of ether oxygens (including phenoxy) is 1. The lowest BCUT2D eigenvalue weighted by Gasteiger charge is -2.39. The summed E-state index contributed by atoms with van der Waals surface area (Å²) in [7, 11) is -4.60. The molecule has 0 unspecified atom stereocenters. The van der Waals surface area contributed by atoms with Gasteiger partial charge in [-0.15, -0.1) is 0 Å². The first-order valence-electron chi connectivity index (χ1n) is 6.92. The van der Waals surface area contributed by atoms with Crippen molar-refractivity contribution in [2.45, 2.75) is 23.9 Å². The fourth-order valence-corrected chi connectivity index (χ4v) is 2.70. The van der Waals surface area contributed by atoms with E-state index in [1.807, 2.05) is 6.07 Å². The first-order chi connectivity index (χ1) is 11.5. The Morgan fingerprint density at radius 3 is 2.48 bits per heavy atom. The SMILES string of the molecule is CN(c1nc(OS(=O)(=O)C(F)(F)F)ccc1F)C1(C#N)CCOCC1. The monoisotopic (exact) mass is 383 g/mol. The highest BCUT2D eigenvalue weighted by Gasteiger charge is 2.49. The Hall–Kier alpha value is -2.13. The van der Waals surface area contributed by atoms with Gasteiger partial charge in [-0.05, 0) is 6.07 Å². The van der Waals surface area contributed by atoms with E-state index in [-0.39, 0.29) is 26.1 Å². The van der Waals surface area contributed by atoms with Gasteiger partial charge in [0.2, 0.25) is 5.88 Å². The molecular weight excluding hydrogens is 370 g/mol. The molecule has 0 aliphatic carbocycles. The molecule has 12 heteroatoms. The van der Waals surface area contributed by atoms with Crippen LogP contribution in [0.2, 0.25) is 0 Å². The van der Waals surface area contributed by atoms with Crippen LogP contribution in [0.5, 0.6) is 5.88 Å². The van der Waals surface area contributed by atoms with E-state index in [9.17, 15) is 31.2 Å². The van der Waals surface area contributed by atoms with Crippen molar-refractivity contribution in [3.8, 4) is 11.9 Å². The Morgan fingerprint density at radius 1 is 1.36 bits per heavy atom. The van der Waals surface area contributed by atoms with Gasteiger partial charge in [-0.3, -0.25) is 0 Å². The Kier molecular flexibility index (Phi) is 5.10. The summed E-state index contributed by atoms with van der Waals surface area (Å²) in [5.74, 6) is -2.40. The fourth-order valence-electron chi connectivity index (χ4n) is 2.29. The highest BCUT2D eigenvalue weighted by Crippen LogP contribution is 2.33. The maximum absolute atomic E-state index is 14.1. The summed E-state index contributed by atoms with van der Waals surface area (Å²) >= 11 is 0. The van der Waals surface area contributed by atoms with Crippen molar-refractivity contribution in [1.82, 2.24) is 4.98 Å². The first-order valence-corrected chi connectivity index (χ1v) is 8.33. The minimum absolute atomic E-state index is 0.215. The van der Waals surface area contributed by atoms with Crippen LogP contribution >= 0.6 is 0 Å². The van der Waals surface area contributed by atoms with Crippen LogP contribution in [-0.2, 0) is 14.9 Å². The van der Waals surface area contributed by atoms with Crippen molar-refractivity contribution in [1.29, 1.82) is 5.26 Å². The topological polar surface area (TPSA) is 92.5 Å². The third kappa shape index (κ3) is 3.77. The predicted octanol–water partition coefficient (Wildman–Crippen LogP) is 1.96. The van der Waals surface area contributed by atoms with Crippen molar-refractivity contribution in [3.05, 3.63) is 17.9 Å². The van der Waals surface area contributed by atoms with E-state index in [2.05, 4.69) is 9.17 Å². The molecule has 7 nitrogen and oxygen atoms in total. The van der Waals surface area contributed by atoms with Crippen LogP contribution in [-0.4, -0.2) is 44.7 Å². The maximum atomic E-state index is 14.1. The summed E-state index contributed by atoms with van der Waals surface area (Å²) in [6.07, 6.45) is 0.431. The van der Waals surface area contributed by atoms with Gasteiger partial charge in [0.15, 0.2) is 11.6 Å². The smallest absolute Gasteiger partial charge is 0.381 e. The number of nitrogens with zero attached hydrogens (tertiary/aromatic N) is 3. The Bertz CT molecular complexity index is 785. The summed E-state index contributed by atoms with van der Waals surface area (Å²) in [5, 5.41) is 9.45. The molecule has 0 bridgehead atoms. The van der Waals surface area contributed by atoms with Gasteiger partial charge >= 0.3 is 15.6 Å². The number of halogens is 4. The highest BCUT2D eigenvalue weighted by molar-refractivity contribution is 7.87. The van der Waals surface area contributed by atoms with Crippen LogP contribution in [0.15, 0.2) is 12.1 Å². The van der Waals surface area contributed by atoms with Crippen LogP contribution in [0.25, 0.3) is 0 Å². The molecule has 0 amide bonds. The summed E-state index contributed by atoms with van der Waals surface area (Å²) < 4.78 is 82.4. The van der Waals surface area contributed by atoms with E-state index in [1.54, 1.807) is 0 Å². The molecule has 2 heterocycles. The zero-order valence-electron chi connectivity index (χ0n) is 12.9. The Morgan fingerprint density at radius 2 is 1.96 bits per heavy atom. The van der Waals surface area contributed by atoms with E-state index in [1.165, 1.54) is 7.05 Å². The van der Waals surface area contributed by atoms with E-state index >= 15 is 0 Å². The molecule has 2 rings (SSSR count). The average molecular weight is 383 g/mol. The average Bonchev–Trinajstić information content (AvgIpc) is 2.55. The van der Waals surface area contributed by atoms with Crippen LogP contribution in [0.1, 0.15) is 12.8 Å². The standard InChI is InChI=1S/C13H13F4N3O4S/c1-20(12(8-18)4-6-23-7-5-12)11-9(14)2-3-10(19-11)24-25(21,22)13(15,16)17/h2-3H,4-7H2,1H3. The maximum Gasteiger partial charge on any atom is 0.534 e. The van der Waals surface area contributed by atoms with Crippen LogP contribution < -0.4 is 9.08 Å². The van der Waals surface area contributed by atoms with Crippen LogP contribution in [0, 0.1) is 17.1 Å². The number of rotatable bonds is 4. The third-order valence-electron chi connectivity index (χ3n) is 3.77. The molecule has 1 aromatic rings. The van der Waals surface area contributed by atoms with Crippen molar-refractivity contribution in [2.24, 2.45) is 0 Å². The lowest BCUT2D eigenvalue weighted by atomic mass is 9.90. The van der Waals surface area contributed by atoms with Gasteiger partial charge in [0.25, 0.3) is 0 Å². The van der Waals surface area contributed by atoms with Crippen molar-refractivity contribution in [3.63, 3.8) is 0 Å². The van der Waals surface area contributed by atoms with Gasteiger partial charge in [-0.2, -0.15) is 31.8 Å². The molecule has 138 valence electrons. The number of pyridine rings is 1. The second-order valence-corrected chi connectivity index (χ2v) is 6.79. The van der Waals surface area contributed by atoms with Crippen LogP contribution in [0.3, 0.4) is 0 Å². The van der Waals surface area contributed by atoms with Gasteiger partial charge in [-0.25, -0.2) is 4.39 Å². The van der Waals surface area contributed by atoms with E-state index in [4.69, 9.17) is 4.74 Å².